The van der Waals surface area contributed by atoms with Crippen LogP contribution in [0.2, 0.25) is 0 Å². The van der Waals surface area contributed by atoms with E-state index in [0.29, 0.717) is 31.0 Å². The van der Waals surface area contributed by atoms with E-state index in [4.69, 9.17) is 0 Å². The van der Waals surface area contributed by atoms with Crippen LogP contribution in [0.5, 0.6) is 0 Å². The van der Waals surface area contributed by atoms with Gasteiger partial charge in [0.2, 0.25) is 0 Å². The molecule has 26 heavy (non-hydrogen) atoms. The molecule has 2 atom stereocenters. The maximum absolute atomic E-state index is 13.6. The Labute approximate surface area is 149 Å². The Bertz CT molecular complexity index is 852. The van der Waals surface area contributed by atoms with Crippen molar-refractivity contribution >= 4 is 5.91 Å². The van der Waals surface area contributed by atoms with Crippen molar-refractivity contribution in [2.75, 3.05) is 19.6 Å². The Morgan fingerprint density at radius 1 is 1.31 bits per heavy atom. The number of aliphatic hydroxyl groups excluding tert-OH is 1. The predicted molar refractivity (Wildman–Crippen MR) is 90.2 cm³/mol. The first-order chi connectivity index (χ1) is 12.5. The van der Waals surface area contributed by atoms with Gasteiger partial charge in [0, 0.05) is 42.9 Å². The molecule has 1 aliphatic carbocycles. The van der Waals surface area contributed by atoms with Gasteiger partial charge in [0.1, 0.15) is 0 Å². The Morgan fingerprint density at radius 2 is 2.15 bits per heavy atom. The number of nitrogens with one attached hydrogen (secondary N) is 2. The van der Waals surface area contributed by atoms with E-state index >= 15 is 0 Å². The maximum atomic E-state index is 13.6. The molecule has 1 aromatic heterocycles. The molecule has 2 unspecified atom stereocenters. The van der Waals surface area contributed by atoms with E-state index in [1.165, 1.54) is 10.7 Å². The van der Waals surface area contributed by atoms with Crippen LogP contribution in [0.15, 0.2) is 18.2 Å². The summed E-state index contributed by atoms with van der Waals surface area (Å²) in [6, 6.07) is 3.59. The molecule has 1 amide bonds. The minimum absolute atomic E-state index is 0.0275. The number of aliphatic hydroxyl groups is 1. The van der Waals surface area contributed by atoms with Crippen LogP contribution in [-0.4, -0.2) is 46.5 Å². The highest BCUT2D eigenvalue weighted by Crippen LogP contribution is 2.28. The number of aromatic nitrogens is 2. The molecule has 2 heterocycles. The molecule has 1 aromatic carbocycles. The summed E-state index contributed by atoms with van der Waals surface area (Å²) in [5.74, 6) is -2.19. The summed E-state index contributed by atoms with van der Waals surface area (Å²) in [5.41, 5.74) is 2.44. The van der Waals surface area contributed by atoms with Gasteiger partial charge in [0.15, 0.2) is 17.3 Å². The summed E-state index contributed by atoms with van der Waals surface area (Å²) in [6.45, 7) is 1.54. The summed E-state index contributed by atoms with van der Waals surface area (Å²) in [5, 5.41) is 20.1. The van der Waals surface area contributed by atoms with Gasteiger partial charge in [-0.2, -0.15) is 5.10 Å². The van der Waals surface area contributed by atoms with Crippen LogP contribution in [0, 0.1) is 17.6 Å². The van der Waals surface area contributed by atoms with Gasteiger partial charge < -0.3 is 15.7 Å². The Balaban J connectivity index is 1.59. The van der Waals surface area contributed by atoms with Gasteiger partial charge in [-0.15, -0.1) is 0 Å². The second-order valence-electron chi connectivity index (χ2n) is 6.83. The van der Waals surface area contributed by atoms with E-state index in [1.807, 2.05) is 0 Å². The van der Waals surface area contributed by atoms with Crippen molar-refractivity contribution in [3.63, 3.8) is 0 Å². The largest absolute Gasteiger partial charge is 0.391 e. The lowest BCUT2D eigenvalue weighted by atomic mass is 10.1. The second kappa shape index (κ2) is 6.77. The molecule has 2 aromatic rings. The SMILES string of the molecule is O=C(NCC1CNCC1O)c1nn(-c2ccc(F)c(F)c2)c2c1CCC2. The standard InChI is InChI=1S/C18H20F2N4O2/c19-13-5-4-11(6-14(13)20)24-15-3-1-2-12(15)17(23-24)18(26)22-8-10-7-21-9-16(10)25/h4-6,10,16,21,25H,1-3,7-9H2,(H,22,26). The highest BCUT2D eigenvalue weighted by Gasteiger charge is 2.29. The first-order valence-electron chi connectivity index (χ1n) is 8.77. The molecule has 2 aliphatic rings. The number of hydrogen-bond acceptors (Lipinski definition) is 4. The number of rotatable bonds is 4. The van der Waals surface area contributed by atoms with Crippen molar-refractivity contribution in [3.8, 4) is 5.69 Å². The van der Waals surface area contributed by atoms with Crippen molar-refractivity contribution < 1.29 is 18.7 Å². The minimum Gasteiger partial charge on any atom is -0.391 e. The molecule has 0 saturated carbocycles. The molecule has 138 valence electrons. The van der Waals surface area contributed by atoms with Crippen LogP contribution >= 0.6 is 0 Å². The monoisotopic (exact) mass is 362 g/mol. The van der Waals surface area contributed by atoms with Gasteiger partial charge in [0.05, 0.1) is 11.8 Å². The molecule has 1 aliphatic heterocycles. The number of hydrogen-bond donors (Lipinski definition) is 3. The third kappa shape index (κ3) is 2.99. The van der Waals surface area contributed by atoms with Crippen molar-refractivity contribution in [1.29, 1.82) is 0 Å². The van der Waals surface area contributed by atoms with Crippen molar-refractivity contribution in [3.05, 3.63) is 46.8 Å². The molecule has 0 bridgehead atoms. The molecule has 1 fully saturated rings. The van der Waals surface area contributed by atoms with Crippen LogP contribution in [-0.2, 0) is 12.8 Å². The summed E-state index contributed by atoms with van der Waals surface area (Å²) >= 11 is 0. The molecular weight excluding hydrogens is 342 g/mol. The molecular formula is C18H20F2N4O2. The van der Waals surface area contributed by atoms with Crippen molar-refractivity contribution in [2.24, 2.45) is 5.92 Å². The van der Waals surface area contributed by atoms with E-state index in [0.717, 1.165) is 42.7 Å². The van der Waals surface area contributed by atoms with E-state index in [9.17, 15) is 18.7 Å². The van der Waals surface area contributed by atoms with Crippen molar-refractivity contribution in [1.82, 2.24) is 20.4 Å². The minimum atomic E-state index is -0.946. The molecule has 0 radical (unpaired) electrons. The lowest BCUT2D eigenvalue weighted by Gasteiger charge is -2.13. The first kappa shape index (κ1) is 17.1. The fraction of sp³-hybridized carbons (Fsp3) is 0.444. The fourth-order valence-electron chi connectivity index (χ4n) is 3.69. The number of benzene rings is 1. The molecule has 1 saturated heterocycles. The average Bonchev–Trinajstić information content (AvgIpc) is 3.32. The number of nitrogens with zero attached hydrogens (tertiary/aromatic N) is 2. The smallest absolute Gasteiger partial charge is 0.272 e. The molecule has 4 rings (SSSR count). The number of halogens is 2. The number of β-amino-alcohol motifs (C(OH)–C–C–N with tert-alkyl or cyclic N) is 1. The highest BCUT2D eigenvalue weighted by molar-refractivity contribution is 5.94. The Hall–Kier alpha value is -2.32. The van der Waals surface area contributed by atoms with Gasteiger partial charge in [-0.05, 0) is 31.4 Å². The van der Waals surface area contributed by atoms with Gasteiger partial charge in [0.25, 0.3) is 5.91 Å². The molecule has 3 N–H and O–H groups in total. The van der Waals surface area contributed by atoms with Crippen LogP contribution in [0.4, 0.5) is 8.78 Å². The van der Waals surface area contributed by atoms with E-state index in [-0.39, 0.29) is 11.8 Å². The molecule has 0 spiro atoms. The summed E-state index contributed by atoms with van der Waals surface area (Å²) in [6.07, 6.45) is 1.89. The molecule has 6 nitrogen and oxygen atoms in total. The highest BCUT2D eigenvalue weighted by atomic mass is 19.2. The summed E-state index contributed by atoms with van der Waals surface area (Å²) in [7, 11) is 0. The first-order valence-corrected chi connectivity index (χ1v) is 8.77. The Morgan fingerprint density at radius 3 is 2.88 bits per heavy atom. The number of amides is 1. The van der Waals surface area contributed by atoms with E-state index in [2.05, 4.69) is 15.7 Å². The van der Waals surface area contributed by atoms with E-state index in [1.54, 1.807) is 0 Å². The number of fused-ring (bicyclic) bond motifs is 1. The lowest BCUT2D eigenvalue weighted by molar-refractivity contribution is 0.0921. The number of carbonyl (C=O) groups excluding carboxylic acids is 1. The van der Waals surface area contributed by atoms with Gasteiger partial charge in [-0.3, -0.25) is 4.79 Å². The Kier molecular flexibility index (Phi) is 4.46. The third-order valence-electron chi connectivity index (χ3n) is 5.12. The van der Waals surface area contributed by atoms with Crippen LogP contribution < -0.4 is 10.6 Å². The topological polar surface area (TPSA) is 79.2 Å². The average molecular weight is 362 g/mol. The summed E-state index contributed by atoms with van der Waals surface area (Å²) in [4.78, 5) is 12.6. The van der Waals surface area contributed by atoms with Gasteiger partial charge in [-0.1, -0.05) is 0 Å². The van der Waals surface area contributed by atoms with Gasteiger partial charge >= 0.3 is 0 Å². The third-order valence-corrected chi connectivity index (χ3v) is 5.12. The number of carbonyl (C=O) groups is 1. The zero-order valence-electron chi connectivity index (χ0n) is 14.1. The zero-order chi connectivity index (χ0) is 18.3. The lowest BCUT2D eigenvalue weighted by Crippen LogP contribution is -2.35. The van der Waals surface area contributed by atoms with Gasteiger partial charge in [-0.25, -0.2) is 13.5 Å². The summed E-state index contributed by atoms with van der Waals surface area (Å²) < 4.78 is 28.3. The van der Waals surface area contributed by atoms with Crippen molar-refractivity contribution in [2.45, 2.75) is 25.4 Å². The normalized spacial score (nSPS) is 21.8. The van der Waals surface area contributed by atoms with Crippen LogP contribution in [0.25, 0.3) is 5.69 Å². The van der Waals surface area contributed by atoms with E-state index < -0.39 is 17.7 Å². The van der Waals surface area contributed by atoms with Crippen LogP contribution in [0.3, 0.4) is 0 Å². The predicted octanol–water partition coefficient (Wildman–Crippen LogP) is 0.949. The van der Waals surface area contributed by atoms with Crippen LogP contribution in [0.1, 0.15) is 28.2 Å². The zero-order valence-corrected chi connectivity index (χ0v) is 14.1. The quantitative estimate of drug-likeness (QED) is 0.757. The molecule has 8 heteroatoms. The second-order valence-corrected chi connectivity index (χ2v) is 6.83. The maximum Gasteiger partial charge on any atom is 0.272 e. The fourth-order valence-corrected chi connectivity index (χ4v) is 3.69.